The average Bonchev–Trinajstić information content (AvgIpc) is 2.58. The lowest BCUT2D eigenvalue weighted by Gasteiger charge is -2.29. The summed E-state index contributed by atoms with van der Waals surface area (Å²) in [6, 6.07) is 0. The molecule has 0 bridgehead atoms. The predicted molar refractivity (Wildman–Crippen MR) is 52.6 cm³/mol. The maximum Gasteiger partial charge on any atom is 0.0336 e. The van der Waals surface area contributed by atoms with Gasteiger partial charge in [0, 0.05) is 5.38 Å². The van der Waals surface area contributed by atoms with E-state index >= 15 is 0 Å². The second-order valence-electron chi connectivity index (χ2n) is 4.26. The largest absolute Gasteiger partial charge is 0.316 e. The lowest BCUT2D eigenvalue weighted by Crippen LogP contribution is -2.23. The highest BCUT2D eigenvalue weighted by Crippen LogP contribution is 2.34. The highest BCUT2D eigenvalue weighted by molar-refractivity contribution is 6.20. The van der Waals surface area contributed by atoms with Gasteiger partial charge in [0.05, 0.1) is 0 Å². The van der Waals surface area contributed by atoms with Crippen molar-refractivity contribution in [1.82, 2.24) is 5.32 Å². The van der Waals surface area contributed by atoms with Crippen molar-refractivity contribution in [2.75, 3.05) is 13.1 Å². The Kier molecular flexibility index (Phi) is 2.92. The smallest absolute Gasteiger partial charge is 0.0336 e. The SMILES string of the molecule is ClC1CCC(C2CCNC2)CC1. The number of rotatable bonds is 1. The first-order chi connectivity index (χ1) is 5.86. The fourth-order valence-electron chi connectivity index (χ4n) is 2.63. The van der Waals surface area contributed by atoms with Crippen molar-refractivity contribution in [3.63, 3.8) is 0 Å². The van der Waals surface area contributed by atoms with Crippen LogP contribution < -0.4 is 5.32 Å². The molecule has 1 aliphatic carbocycles. The Labute approximate surface area is 79.9 Å². The molecule has 2 fully saturated rings. The molecule has 1 atom stereocenters. The molecule has 0 radical (unpaired) electrons. The normalized spacial score (nSPS) is 43.2. The van der Waals surface area contributed by atoms with E-state index in [9.17, 15) is 0 Å². The van der Waals surface area contributed by atoms with Gasteiger partial charge in [-0.25, -0.2) is 0 Å². The third-order valence-electron chi connectivity index (χ3n) is 3.47. The van der Waals surface area contributed by atoms with Gasteiger partial charge in [-0.05, 0) is 57.0 Å². The minimum Gasteiger partial charge on any atom is -0.316 e. The van der Waals surface area contributed by atoms with Crippen LogP contribution in [0.3, 0.4) is 0 Å². The van der Waals surface area contributed by atoms with Crippen LogP contribution in [0, 0.1) is 11.8 Å². The minimum absolute atomic E-state index is 0.482. The monoisotopic (exact) mass is 187 g/mol. The molecule has 0 spiro atoms. The molecule has 0 amide bonds. The molecule has 0 aromatic rings. The van der Waals surface area contributed by atoms with Gasteiger partial charge in [0.25, 0.3) is 0 Å². The zero-order valence-corrected chi connectivity index (χ0v) is 8.32. The minimum atomic E-state index is 0.482. The molecule has 1 N–H and O–H groups in total. The van der Waals surface area contributed by atoms with Gasteiger partial charge in [0.2, 0.25) is 0 Å². The molecule has 1 saturated carbocycles. The average molecular weight is 188 g/mol. The van der Waals surface area contributed by atoms with Crippen LogP contribution in [0.4, 0.5) is 0 Å². The Morgan fingerprint density at radius 3 is 2.25 bits per heavy atom. The Balaban J connectivity index is 1.80. The van der Waals surface area contributed by atoms with E-state index in [1.165, 1.54) is 45.2 Å². The summed E-state index contributed by atoms with van der Waals surface area (Å²) in [5.41, 5.74) is 0. The van der Waals surface area contributed by atoms with E-state index in [4.69, 9.17) is 11.6 Å². The molecule has 1 aliphatic heterocycles. The van der Waals surface area contributed by atoms with Crippen LogP contribution in [0.2, 0.25) is 0 Å². The molecule has 0 aromatic carbocycles. The highest BCUT2D eigenvalue weighted by Gasteiger charge is 2.28. The second-order valence-corrected chi connectivity index (χ2v) is 4.88. The lowest BCUT2D eigenvalue weighted by molar-refractivity contribution is 0.265. The fourth-order valence-corrected chi connectivity index (χ4v) is 2.88. The maximum absolute atomic E-state index is 6.07. The summed E-state index contributed by atoms with van der Waals surface area (Å²) in [6.07, 6.45) is 6.66. The molecule has 1 unspecified atom stereocenters. The van der Waals surface area contributed by atoms with Crippen molar-refractivity contribution in [2.45, 2.75) is 37.5 Å². The first-order valence-corrected chi connectivity index (χ1v) is 5.64. The molecule has 1 heterocycles. The van der Waals surface area contributed by atoms with E-state index in [1.54, 1.807) is 0 Å². The summed E-state index contributed by atoms with van der Waals surface area (Å²) in [7, 11) is 0. The summed E-state index contributed by atoms with van der Waals surface area (Å²) in [6.45, 7) is 2.50. The quantitative estimate of drug-likeness (QED) is 0.622. The molecule has 2 heteroatoms. The predicted octanol–water partition coefficient (Wildman–Crippen LogP) is 2.39. The van der Waals surface area contributed by atoms with Gasteiger partial charge in [0.15, 0.2) is 0 Å². The van der Waals surface area contributed by atoms with Gasteiger partial charge < -0.3 is 5.32 Å². The molecule has 1 nitrogen and oxygen atoms in total. The molecule has 0 aromatic heterocycles. The number of alkyl halides is 1. The lowest BCUT2D eigenvalue weighted by atomic mass is 9.79. The van der Waals surface area contributed by atoms with E-state index in [1.807, 2.05) is 0 Å². The van der Waals surface area contributed by atoms with Crippen LogP contribution >= 0.6 is 11.6 Å². The molecule has 12 heavy (non-hydrogen) atoms. The van der Waals surface area contributed by atoms with Gasteiger partial charge in [-0.3, -0.25) is 0 Å². The first-order valence-electron chi connectivity index (χ1n) is 5.21. The Morgan fingerprint density at radius 2 is 1.67 bits per heavy atom. The van der Waals surface area contributed by atoms with Gasteiger partial charge in [-0.2, -0.15) is 0 Å². The molecule has 1 saturated heterocycles. The standard InChI is InChI=1S/C10H18ClN/c11-10-3-1-8(2-4-10)9-5-6-12-7-9/h8-10,12H,1-7H2. The van der Waals surface area contributed by atoms with E-state index in [0.29, 0.717) is 5.38 Å². The summed E-state index contributed by atoms with van der Waals surface area (Å²) in [5.74, 6) is 1.95. The highest BCUT2D eigenvalue weighted by atomic mass is 35.5. The van der Waals surface area contributed by atoms with Crippen molar-refractivity contribution in [2.24, 2.45) is 11.8 Å². The van der Waals surface area contributed by atoms with Crippen LogP contribution in [0.1, 0.15) is 32.1 Å². The first kappa shape index (κ1) is 8.83. The molecule has 2 aliphatic rings. The zero-order chi connectivity index (χ0) is 8.39. The van der Waals surface area contributed by atoms with Crippen LogP contribution in [-0.4, -0.2) is 18.5 Å². The molecular formula is C10H18ClN. The third-order valence-corrected chi connectivity index (χ3v) is 3.90. The van der Waals surface area contributed by atoms with Gasteiger partial charge >= 0.3 is 0 Å². The molecule has 2 rings (SSSR count). The Morgan fingerprint density at radius 1 is 0.917 bits per heavy atom. The summed E-state index contributed by atoms with van der Waals surface area (Å²) < 4.78 is 0. The van der Waals surface area contributed by atoms with Gasteiger partial charge in [-0.15, -0.1) is 11.6 Å². The van der Waals surface area contributed by atoms with E-state index in [2.05, 4.69) is 5.32 Å². The topological polar surface area (TPSA) is 12.0 Å². The van der Waals surface area contributed by atoms with Crippen LogP contribution in [-0.2, 0) is 0 Å². The summed E-state index contributed by atoms with van der Waals surface area (Å²) in [5, 5.41) is 3.93. The van der Waals surface area contributed by atoms with Crippen molar-refractivity contribution in [3.8, 4) is 0 Å². The number of nitrogens with one attached hydrogen (secondary N) is 1. The van der Waals surface area contributed by atoms with E-state index in [-0.39, 0.29) is 0 Å². The molecule has 70 valence electrons. The number of hydrogen-bond donors (Lipinski definition) is 1. The number of halogens is 1. The van der Waals surface area contributed by atoms with Crippen LogP contribution in [0.5, 0.6) is 0 Å². The van der Waals surface area contributed by atoms with E-state index in [0.717, 1.165) is 11.8 Å². The van der Waals surface area contributed by atoms with Crippen molar-refractivity contribution in [1.29, 1.82) is 0 Å². The third kappa shape index (κ3) is 1.94. The van der Waals surface area contributed by atoms with E-state index < -0.39 is 0 Å². The second kappa shape index (κ2) is 3.97. The van der Waals surface area contributed by atoms with Crippen LogP contribution in [0.25, 0.3) is 0 Å². The van der Waals surface area contributed by atoms with Gasteiger partial charge in [0.1, 0.15) is 0 Å². The maximum atomic E-state index is 6.07. The Bertz CT molecular complexity index is 135. The van der Waals surface area contributed by atoms with Crippen molar-refractivity contribution < 1.29 is 0 Å². The molecular weight excluding hydrogens is 170 g/mol. The van der Waals surface area contributed by atoms with Gasteiger partial charge in [-0.1, -0.05) is 0 Å². The van der Waals surface area contributed by atoms with Crippen molar-refractivity contribution in [3.05, 3.63) is 0 Å². The van der Waals surface area contributed by atoms with Crippen LogP contribution in [0.15, 0.2) is 0 Å². The zero-order valence-electron chi connectivity index (χ0n) is 7.56. The Hall–Kier alpha value is 0.250. The summed E-state index contributed by atoms with van der Waals surface area (Å²) in [4.78, 5) is 0. The van der Waals surface area contributed by atoms with Crippen molar-refractivity contribution >= 4 is 11.6 Å². The summed E-state index contributed by atoms with van der Waals surface area (Å²) >= 11 is 6.07. The number of hydrogen-bond acceptors (Lipinski definition) is 1. The fraction of sp³-hybridized carbons (Fsp3) is 1.00.